The van der Waals surface area contributed by atoms with E-state index in [-0.39, 0.29) is 12.6 Å². The lowest BCUT2D eigenvalue weighted by Crippen LogP contribution is -2.14. The van der Waals surface area contributed by atoms with Gasteiger partial charge in [0.1, 0.15) is 5.75 Å². The summed E-state index contributed by atoms with van der Waals surface area (Å²) in [6.45, 7) is 2.04. The number of para-hydroxylation sites is 1. The van der Waals surface area contributed by atoms with E-state index in [1.165, 1.54) is 0 Å². The SMILES string of the molecule is CCOC(=O)COc1ccc(C=Cc2n[nH]c3ccccc23)cc1. The maximum Gasteiger partial charge on any atom is 0.344 e. The molecule has 0 atom stereocenters. The second-order valence-electron chi connectivity index (χ2n) is 5.15. The van der Waals surface area contributed by atoms with Gasteiger partial charge < -0.3 is 9.47 Å². The highest BCUT2D eigenvalue weighted by Gasteiger charge is 2.03. The number of nitrogens with zero attached hydrogens (tertiary/aromatic N) is 1. The lowest BCUT2D eigenvalue weighted by molar-refractivity contribution is -0.145. The average molecular weight is 322 g/mol. The first-order chi connectivity index (χ1) is 11.8. The number of benzene rings is 2. The number of aromatic amines is 1. The van der Waals surface area contributed by atoms with E-state index in [1.54, 1.807) is 6.92 Å². The van der Waals surface area contributed by atoms with Crippen molar-refractivity contribution in [3.8, 4) is 5.75 Å². The molecule has 0 aliphatic carbocycles. The van der Waals surface area contributed by atoms with E-state index in [4.69, 9.17) is 9.47 Å². The van der Waals surface area contributed by atoms with Gasteiger partial charge in [-0.05, 0) is 36.8 Å². The summed E-state index contributed by atoms with van der Waals surface area (Å²) in [5, 5.41) is 8.40. The molecule has 3 aromatic rings. The molecule has 0 amide bonds. The van der Waals surface area contributed by atoms with Gasteiger partial charge in [0.2, 0.25) is 0 Å². The lowest BCUT2D eigenvalue weighted by Gasteiger charge is -2.05. The van der Waals surface area contributed by atoms with Crippen molar-refractivity contribution in [1.82, 2.24) is 10.2 Å². The van der Waals surface area contributed by atoms with Crippen LogP contribution in [0.3, 0.4) is 0 Å². The Morgan fingerprint density at radius 2 is 1.92 bits per heavy atom. The molecule has 0 fully saturated rings. The molecule has 0 aliphatic rings. The number of rotatable bonds is 6. The number of ether oxygens (including phenoxy) is 2. The van der Waals surface area contributed by atoms with Crippen molar-refractivity contribution in [2.75, 3.05) is 13.2 Å². The Hall–Kier alpha value is -3.08. The quantitative estimate of drug-likeness (QED) is 0.703. The third-order valence-electron chi connectivity index (χ3n) is 3.48. The highest BCUT2D eigenvalue weighted by atomic mass is 16.6. The standard InChI is InChI=1S/C19H18N2O3/c1-2-23-19(22)13-24-15-10-7-14(8-11-15)9-12-18-16-5-3-4-6-17(16)20-21-18/h3-12H,2,13H2,1H3,(H,20,21). The maximum atomic E-state index is 11.3. The number of H-pyrrole nitrogens is 1. The smallest absolute Gasteiger partial charge is 0.344 e. The Morgan fingerprint density at radius 3 is 2.71 bits per heavy atom. The summed E-state index contributed by atoms with van der Waals surface area (Å²) < 4.78 is 10.2. The molecule has 0 radical (unpaired) electrons. The molecule has 2 aromatic carbocycles. The van der Waals surface area contributed by atoms with Crippen LogP contribution < -0.4 is 4.74 Å². The first kappa shape index (κ1) is 15.8. The van der Waals surface area contributed by atoms with E-state index in [0.29, 0.717) is 12.4 Å². The van der Waals surface area contributed by atoms with E-state index in [2.05, 4.69) is 10.2 Å². The van der Waals surface area contributed by atoms with Crippen molar-refractivity contribution >= 4 is 29.0 Å². The monoisotopic (exact) mass is 322 g/mol. The van der Waals surface area contributed by atoms with E-state index >= 15 is 0 Å². The van der Waals surface area contributed by atoms with E-state index < -0.39 is 0 Å². The molecule has 0 saturated heterocycles. The highest BCUT2D eigenvalue weighted by Crippen LogP contribution is 2.18. The van der Waals surface area contributed by atoms with Crippen molar-refractivity contribution in [2.45, 2.75) is 6.92 Å². The summed E-state index contributed by atoms with van der Waals surface area (Å²) in [6.07, 6.45) is 3.95. The Labute approximate surface area is 139 Å². The zero-order valence-electron chi connectivity index (χ0n) is 13.4. The fourth-order valence-electron chi connectivity index (χ4n) is 2.31. The van der Waals surface area contributed by atoms with Crippen LogP contribution >= 0.6 is 0 Å². The molecule has 1 N–H and O–H groups in total. The van der Waals surface area contributed by atoms with Crippen LogP contribution in [0, 0.1) is 0 Å². The molecular weight excluding hydrogens is 304 g/mol. The lowest BCUT2D eigenvalue weighted by atomic mass is 10.1. The molecule has 0 unspecified atom stereocenters. The van der Waals surface area contributed by atoms with Crippen LogP contribution in [0.15, 0.2) is 48.5 Å². The van der Waals surface area contributed by atoms with Gasteiger partial charge in [0, 0.05) is 5.39 Å². The second-order valence-corrected chi connectivity index (χ2v) is 5.15. The molecular formula is C19H18N2O3. The normalized spacial score (nSPS) is 11.0. The van der Waals surface area contributed by atoms with Crippen LogP contribution in [0.2, 0.25) is 0 Å². The number of nitrogens with one attached hydrogen (secondary N) is 1. The zero-order chi connectivity index (χ0) is 16.8. The Balaban J connectivity index is 1.64. The fraction of sp³-hybridized carbons (Fsp3) is 0.158. The van der Waals surface area contributed by atoms with Gasteiger partial charge in [-0.2, -0.15) is 5.10 Å². The predicted octanol–water partition coefficient (Wildman–Crippen LogP) is 3.68. The molecule has 0 saturated carbocycles. The predicted molar refractivity (Wildman–Crippen MR) is 93.6 cm³/mol. The van der Waals surface area contributed by atoms with Crippen molar-refractivity contribution < 1.29 is 14.3 Å². The van der Waals surface area contributed by atoms with Gasteiger partial charge in [-0.25, -0.2) is 4.79 Å². The van der Waals surface area contributed by atoms with Crippen LogP contribution in [-0.4, -0.2) is 29.4 Å². The number of carbonyl (C=O) groups excluding carboxylic acids is 1. The largest absolute Gasteiger partial charge is 0.482 e. The van der Waals surface area contributed by atoms with Gasteiger partial charge in [-0.15, -0.1) is 0 Å². The topological polar surface area (TPSA) is 64.2 Å². The van der Waals surface area contributed by atoms with Gasteiger partial charge in [0.15, 0.2) is 6.61 Å². The summed E-state index contributed by atoms with van der Waals surface area (Å²) in [4.78, 5) is 11.3. The highest BCUT2D eigenvalue weighted by molar-refractivity contribution is 5.89. The van der Waals surface area contributed by atoms with Crippen LogP contribution in [-0.2, 0) is 9.53 Å². The van der Waals surface area contributed by atoms with Gasteiger partial charge in [0.25, 0.3) is 0 Å². The number of esters is 1. The molecule has 3 rings (SSSR count). The number of hydrogen-bond donors (Lipinski definition) is 1. The second kappa shape index (κ2) is 7.46. The molecule has 1 aromatic heterocycles. The summed E-state index contributed by atoms with van der Waals surface area (Å²) in [5.74, 6) is 0.261. The van der Waals surface area contributed by atoms with Crippen LogP contribution in [0.4, 0.5) is 0 Å². The molecule has 0 aliphatic heterocycles. The summed E-state index contributed by atoms with van der Waals surface area (Å²) >= 11 is 0. The van der Waals surface area contributed by atoms with E-state index in [0.717, 1.165) is 22.2 Å². The van der Waals surface area contributed by atoms with Gasteiger partial charge in [-0.3, -0.25) is 5.10 Å². The van der Waals surface area contributed by atoms with Crippen LogP contribution in [0.1, 0.15) is 18.2 Å². The Kier molecular flexibility index (Phi) is 4.91. The van der Waals surface area contributed by atoms with Crippen molar-refractivity contribution in [1.29, 1.82) is 0 Å². The van der Waals surface area contributed by atoms with Crippen molar-refractivity contribution in [3.63, 3.8) is 0 Å². The Morgan fingerprint density at radius 1 is 1.12 bits per heavy atom. The van der Waals surface area contributed by atoms with Crippen molar-refractivity contribution in [3.05, 3.63) is 59.8 Å². The number of carbonyl (C=O) groups is 1. The zero-order valence-corrected chi connectivity index (χ0v) is 13.4. The van der Waals surface area contributed by atoms with Gasteiger partial charge in [-0.1, -0.05) is 36.4 Å². The number of aromatic nitrogens is 2. The minimum atomic E-state index is -0.369. The average Bonchev–Trinajstić information content (AvgIpc) is 3.02. The molecule has 0 spiro atoms. The summed E-state index contributed by atoms with van der Waals surface area (Å²) in [5.41, 5.74) is 2.93. The molecule has 24 heavy (non-hydrogen) atoms. The number of hydrogen-bond acceptors (Lipinski definition) is 4. The van der Waals surface area contributed by atoms with E-state index in [9.17, 15) is 4.79 Å². The molecule has 1 heterocycles. The fourth-order valence-corrected chi connectivity index (χ4v) is 2.31. The Bertz CT molecular complexity index is 850. The van der Waals surface area contributed by atoms with Gasteiger partial charge >= 0.3 is 5.97 Å². The minimum absolute atomic E-state index is 0.0811. The molecule has 122 valence electrons. The van der Waals surface area contributed by atoms with Crippen molar-refractivity contribution in [2.24, 2.45) is 0 Å². The van der Waals surface area contributed by atoms with Crippen LogP contribution in [0.5, 0.6) is 5.75 Å². The van der Waals surface area contributed by atoms with E-state index in [1.807, 2.05) is 60.7 Å². The van der Waals surface area contributed by atoms with Crippen LogP contribution in [0.25, 0.3) is 23.1 Å². The first-order valence-corrected chi connectivity index (χ1v) is 7.76. The third kappa shape index (κ3) is 3.81. The summed E-state index contributed by atoms with van der Waals surface area (Å²) in [6, 6.07) is 15.5. The third-order valence-corrected chi connectivity index (χ3v) is 3.48. The maximum absolute atomic E-state index is 11.3. The number of fused-ring (bicyclic) bond motifs is 1. The minimum Gasteiger partial charge on any atom is -0.482 e. The summed E-state index contributed by atoms with van der Waals surface area (Å²) in [7, 11) is 0. The molecule has 0 bridgehead atoms. The van der Waals surface area contributed by atoms with Gasteiger partial charge in [0.05, 0.1) is 17.8 Å². The molecule has 5 nitrogen and oxygen atoms in total. The first-order valence-electron chi connectivity index (χ1n) is 7.76. The molecule has 5 heteroatoms.